The lowest BCUT2D eigenvalue weighted by atomic mass is 9.96. The van der Waals surface area contributed by atoms with E-state index in [9.17, 15) is 13.2 Å². The highest BCUT2D eigenvalue weighted by Gasteiger charge is 2.29. The highest BCUT2D eigenvalue weighted by molar-refractivity contribution is 7.89. The highest BCUT2D eigenvalue weighted by atomic mass is 32.2. The highest BCUT2D eigenvalue weighted by Crippen LogP contribution is 2.27. The average Bonchev–Trinajstić information content (AvgIpc) is 3.58. The van der Waals surface area contributed by atoms with Gasteiger partial charge in [-0.3, -0.25) is 4.79 Å². The number of carbonyl (C=O) groups is 1. The summed E-state index contributed by atoms with van der Waals surface area (Å²) in [5, 5.41) is 3.92. The van der Waals surface area contributed by atoms with Crippen LogP contribution in [0.25, 0.3) is 10.9 Å². The number of sulfonamides is 1. The Morgan fingerprint density at radius 2 is 1.97 bits per heavy atom. The van der Waals surface area contributed by atoms with Crippen LogP contribution < -0.4 is 10.2 Å². The van der Waals surface area contributed by atoms with Gasteiger partial charge in [-0.15, -0.1) is 0 Å². The first-order chi connectivity index (χ1) is 16.9. The van der Waals surface area contributed by atoms with E-state index in [1.807, 2.05) is 31.2 Å². The smallest absolute Gasteiger partial charge is 0.243 e. The van der Waals surface area contributed by atoms with Gasteiger partial charge in [-0.05, 0) is 75.1 Å². The Kier molecular flexibility index (Phi) is 6.80. The molecule has 1 amide bonds. The van der Waals surface area contributed by atoms with Crippen molar-refractivity contribution in [2.75, 3.05) is 31.1 Å². The van der Waals surface area contributed by atoms with Crippen molar-refractivity contribution in [1.82, 2.24) is 14.6 Å². The molecule has 1 aromatic carbocycles. The molecule has 9 heteroatoms. The molecule has 0 bridgehead atoms. The number of benzene rings is 1. The van der Waals surface area contributed by atoms with E-state index in [4.69, 9.17) is 9.40 Å². The van der Waals surface area contributed by atoms with E-state index in [1.54, 1.807) is 28.8 Å². The van der Waals surface area contributed by atoms with E-state index in [-0.39, 0.29) is 17.9 Å². The molecule has 2 aromatic heterocycles. The Labute approximate surface area is 206 Å². The number of anilines is 1. The van der Waals surface area contributed by atoms with E-state index in [1.165, 1.54) is 0 Å². The second-order valence-electron chi connectivity index (χ2n) is 9.61. The van der Waals surface area contributed by atoms with E-state index in [0.29, 0.717) is 31.0 Å². The molecule has 35 heavy (non-hydrogen) atoms. The minimum atomic E-state index is -3.46. The van der Waals surface area contributed by atoms with Crippen molar-refractivity contribution in [3.8, 4) is 0 Å². The van der Waals surface area contributed by atoms with Crippen molar-refractivity contribution in [3.63, 3.8) is 0 Å². The zero-order valence-electron chi connectivity index (χ0n) is 20.0. The fraction of sp³-hybridized carbons (Fsp3) is 0.462. The van der Waals surface area contributed by atoms with Gasteiger partial charge in [0.2, 0.25) is 15.9 Å². The monoisotopic (exact) mass is 496 g/mol. The second-order valence-corrected chi connectivity index (χ2v) is 11.6. The first kappa shape index (κ1) is 23.8. The molecule has 0 spiro atoms. The maximum absolute atomic E-state index is 12.9. The number of rotatable bonds is 7. The average molecular weight is 497 g/mol. The molecule has 2 fully saturated rings. The maximum atomic E-state index is 12.9. The summed E-state index contributed by atoms with van der Waals surface area (Å²) in [6.45, 7) is 4.61. The van der Waals surface area contributed by atoms with Gasteiger partial charge in [0.25, 0.3) is 0 Å². The number of fused-ring (bicyclic) bond motifs is 1. The number of hydrogen-bond acceptors (Lipinski definition) is 6. The van der Waals surface area contributed by atoms with E-state index in [0.717, 1.165) is 54.7 Å². The summed E-state index contributed by atoms with van der Waals surface area (Å²) < 4.78 is 32.8. The Balaban J connectivity index is 1.26. The number of aromatic nitrogens is 1. The molecule has 186 valence electrons. The van der Waals surface area contributed by atoms with E-state index >= 15 is 0 Å². The molecule has 8 nitrogen and oxygen atoms in total. The van der Waals surface area contributed by atoms with Crippen LogP contribution in [-0.2, 0) is 21.2 Å². The van der Waals surface area contributed by atoms with Gasteiger partial charge in [-0.1, -0.05) is 0 Å². The zero-order chi connectivity index (χ0) is 24.4. The minimum Gasteiger partial charge on any atom is -0.469 e. The molecule has 0 aliphatic carbocycles. The molecular formula is C26H32N4O4S. The van der Waals surface area contributed by atoms with Gasteiger partial charge in [-0.25, -0.2) is 13.4 Å². The van der Waals surface area contributed by atoms with E-state index in [2.05, 4.69) is 10.2 Å². The van der Waals surface area contributed by atoms with Gasteiger partial charge in [0, 0.05) is 44.0 Å². The maximum Gasteiger partial charge on any atom is 0.243 e. The van der Waals surface area contributed by atoms with Crippen LogP contribution in [-0.4, -0.2) is 55.8 Å². The van der Waals surface area contributed by atoms with Gasteiger partial charge in [0.05, 0.1) is 22.6 Å². The lowest BCUT2D eigenvalue weighted by Gasteiger charge is -2.33. The summed E-state index contributed by atoms with van der Waals surface area (Å²) in [7, 11) is -3.46. The summed E-state index contributed by atoms with van der Waals surface area (Å²) in [5.41, 5.74) is 0.751. The summed E-state index contributed by atoms with van der Waals surface area (Å²) >= 11 is 0. The van der Waals surface area contributed by atoms with Crippen LogP contribution in [0.15, 0.2) is 58.0 Å². The number of nitrogens with zero attached hydrogens (tertiary/aromatic N) is 3. The zero-order valence-corrected chi connectivity index (χ0v) is 20.8. The van der Waals surface area contributed by atoms with Crippen LogP contribution in [0.2, 0.25) is 0 Å². The van der Waals surface area contributed by atoms with Crippen molar-refractivity contribution in [1.29, 1.82) is 0 Å². The number of amides is 1. The number of furan rings is 1. The van der Waals surface area contributed by atoms with Crippen molar-refractivity contribution in [2.45, 2.75) is 50.0 Å². The topological polar surface area (TPSA) is 95.8 Å². The third-order valence-corrected chi connectivity index (χ3v) is 8.84. The quantitative estimate of drug-likeness (QED) is 0.537. The third-order valence-electron chi connectivity index (χ3n) is 6.94. The van der Waals surface area contributed by atoms with Gasteiger partial charge < -0.3 is 14.6 Å². The standard InChI is InChI=1S/C26H32N4O4S/c1-19(16-22-7-5-15-34-22)27-26(31)21-6-4-12-29(18-21)25-11-8-20-17-23(9-10-24(20)28-25)35(32,33)30-13-2-3-14-30/h5,7-11,15,17,19,21H,2-4,6,12-14,16,18H2,1H3,(H,27,31)/t19-,21-/m1/s1. The van der Waals surface area contributed by atoms with Crippen LogP contribution >= 0.6 is 0 Å². The SMILES string of the molecule is C[C@H](Cc1ccco1)NC(=O)[C@@H]1CCCN(c2ccc3cc(S(=O)(=O)N4CCCC4)ccc3n2)C1. The predicted octanol–water partition coefficient (Wildman–Crippen LogP) is 3.58. The molecule has 5 rings (SSSR count). The van der Waals surface area contributed by atoms with Crippen LogP contribution in [0.4, 0.5) is 5.82 Å². The van der Waals surface area contributed by atoms with Crippen LogP contribution in [0.3, 0.4) is 0 Å². The Bertz CT molecular complexity index is 1290. The largest absolute Gasteiger partial charge is 0.469 e. The number of carbonyl (C=O) groups excluding carboxylic acids is 1. The molecule has 2 saturated heterocycles. The van der Waals surface area contributed by atoms with Gasteiger partial charge >= 0.3 is 0 Å². The molecule has 0 unspecified atom stereocenters. The van der Waals surface area contributed by atoms with Crippen LogP contribution in [0.1, 0.15) is 38.4 Å². The van der Waals surface area contributed by atoms with Gasteiger partial charge in [-0.2, -0.15) is 4.31 Å². The molecule has 2 aliphatic heterocycles. The molecule has 2 atom stereocenters. The van der Waals surface area contributed by atoms with Gasteiger partial charge in [0.15, 0.2) is 0 Å². The van der Waals surface area contributed by atoms with Crippen molar-refractivity contribution >= 4 is 32.7 Å². The molecule has 4 heterocycles. The predicted molar refractivity (Wildman–Crippen MR) is 135 cm³/mol. The number of nitrogens with one attached hydrogen (secondary N) is 1. The molecule has 0 radical (unpaired) electrons. The van der Waals surface area contributed by atoms with Crippen molar-refractivity contribution < 1.29 is 17.6 Å². The first-order valence-corrected chi connectivity index (χ1v) is 13.8. The van der Waals surface area contributed by atoms with E-state index < -0.39 is 10.0 Å². The lowest BCUT2D eigenvalue weighted by molar-refractivity contribution is -0.125. The molecule has 3 aromatic rings. The third kappa shape index (κ3) is 5.21. The van der Waals surface area contributed by atoms with Crippen molar-refractivity contribution in [3.05, 3.63) is 54.5 Å². The summed E-state index contributed by atoms with van der Waals surface area (Å²) in [4.78, 5) is 20.2. The van der Waals surface area contributed by atoms with Crippen LogP contribution in [0, 0.1) is 5.92 Å². The normalized spacial score (nSPS) is 20.3. The van der Waals surface area contributed by atoms with Crippen LogP contribution in [0.5, 0.6) is 0 Å². The van der Waals surface area contributed by atoms with Crippen molar-refractivity contribution in [2.24, 2.45) is 5.92 Å². The lowest BCUT2D eigenvalue weighted by Crippen LogP contribution is -2.46. The molecule has 0 saturated carbocycles. The molecule has 1 N–H and O–H groups in total. The summed E-state index contributed by atoms with van der Waals surface area (Å²) in [5.74, 6) is 1.63. The first-order valence-electron chi connectivity index (χ1n) is 12.4. The summed E-state index contributed by atoms with van der Waals surface area (Å²) in [6, 6.07) is 12.8. The second kappa shape index (κ2) is 9.99. The fourth-order valence-electron chi connectivity index (χ4n) is 5.05. The van der Waals surface area contributed by atoms with Gasteiger partial charge in [0.1, 0.15) is 11.6 Å². The molecular weight excluding hydrogens is 464 g/mol. The minimum absolute atomic E-state index is 0.00569. The number of hydrogen-bond donors (Lipinski definition) is 1. The fourth-order valence-corrected chi connectivity index (χ4v) is 6.60. The Morgan fingerprint density at radius 3 is 2.74 bits per heavy atom. The summed E-state index contributed by atoms with van der Waals surface area (Å²) in [6.07, 6.45) is 5.90. The Morgan fingerprint density at radius 1 is 1.14 bits per heavy atom. The number of piperidine rings is 1. The molecule has 2 aliphatic rings. The Hall–Kier alpha value is -2.91. The number of pyridine rings is 1.